The van der Waals surface area contributed by atoms with Crippen LogP contribution >= 0.6 is 39.3 Å². The smallest absolute Gasteiger partial charge is 0.0734 e. The topological polar surface area (TPSA) is 20.2 Å². The third kappa shape index (κ3) is 2.94. The van der Waals surface area contributed by atoms with Crippen LogP contribution in [0.4, 0.5) is 0 Å². The Bertz CT molecular complexity index is 355. The number of hydrogen-bond donors (Lipinski definition) is 1. The van der Waals surface area contributed by atoms with Gasteiger partial charge in [-0.1, -0.05) is 33.7 Å². The van der Waals surface area contributed by atoms with Gasteiger partial charge in [0.15, 0.2) is 0 Å². The van der Waals surface area contributed by atoms with Gasteiger partial charge in [-0.15, -0.1) is 23.4 Å². The SMILES string of the molecule is CC1=C(C)C(C(O)C2C=CC(Cl)CC2)C(Br)S1. The van der Waals surface area contributed by atoms with Gasteiger partial charge in [0.1, 0.15) is 0 Å². The molecule has 1 N–H and O–H groups in total. The first-order valence-electron chi connectivity index (χ1n) is 5.99. The molecule has 5 atom stereocenters. The van der Waals surface area contributed by atoms with Crippen LogP contribution < -0.4 is 0 Å². The highest BCUT2D eigenvalue weighted by Crippen LogP contribution is 2.48. The number of aliphatic hydroxyl groups is 1. The van der Waals surface area contributed by atoms with Crippen molar-refractivity contribution in [3.63, 3.8) is 0 Å². The standard InChI is InChI=1S/C13H18BrClOS/c1-7-8(2)17-13(14)11(7)12(16)9-3-5-10(15)6-4-9/h3,5,9-13,16H,4,6H2,1-2H3. The molecule has 0 amide bonds. The lowest BCUT2D eigenvalue weighted by Gasteiger charge is -2.30. The van der Waals surface area contributed by atoms with E-state index in [0.29, 0.717) is 4.16 Å². The van der Waals surface area contributed by atoms with Crippen molar-refractivity contribution in [2.24, 2.45) is 11.8 Å². The third-order valence-electron chi connectivity index (χ3n) is 3.78. The maximum atomic E-state index is 10.5. The highest BCUT2D eigenvalue weighted by molar-refractivity contribution is 9.11. The van der Waals surface area contributed by atoms with Crippen LogP contribution in [-0.4, -0.2) is 20.7 Å². The van der Waals surface area contributed by atoms with E-state index in [1.807, 2.05) is 17.8 Å². The van der Waals surface area contributed by atoms with Crippen molar-refractivity contribution in [1.29, 1.82) is 0 Å². The molecule has 0 radical (unpaired) electrons. The van der Waals surface area contributed by atoms with Crippen molar-refractivity contribution in [2.75, 3.05) is 0 Å². The van der Waals surface area contributed by atoms with Gasteiger partial charge in [0.2, 0.25) is 0 Å². The lowest BCUT2D eigenvalue weighted by Crippen LogP contribution is -2.33. The van der Waals surface area contributed by atoms with Crippen LogP contribution in [-0.2, 0) is 0 Å². The van der Waals surface area contributed by atoms with Gasteiger partial charge in [0.25, 0.3) is 0 Å². The highest BCUT2D eigenvalue weighted by Gasteiger charge is 2.38. The molecule has 0 aromatic carbocycles. The molecule has 1 heterocycles. The molecule has 1 nitrogen and oxygen atoms in total. The van der Waals surface area contributed by atoms with Crippen LogP contribution in [0.15, 0.2) is 22.6 Å². The van der Waals surface area contributed by atoms with Crippen molar-refractivity contribution in [3.8, 4) is 0 Å². The Kier molecular flexibility index (Phi) is 4.67. The number of allylic oxidation sites excluding steroid dienone is 2. The molecule has 96 valence electrons. The van der Waals surface area contributed by atoms with E-state index in [0.717, 1.165) is 12.8 Å². The van der Waals surface area contributed by atoms with E-state index in [1.54, 1.807) is 0 Å². The lowest BCUT2D eigenvalue weighted by molar-refractivity contribution is 0.0851. The third-order valence-corrected chi connectivity index (χ3v) is 6.46. The predicted molar refractivity (Wildman–Crippen MR) is 79.7 cm³/mol. The fourth-order valence-corrected chi connectivity index (χ4v) is 5.47. The number of hydrogen-bond acceptors (Lipinski definition) is 2. The Morgan fingerprint density at radius 3 is 2.59 bits per heavy atom. The first-order valence-corrected chi connectivity index (χ1v) is 8.22. The molecule has 0 spiro atoms. The summed E-state index contributed by atoms with van der Waals surface area (Å²) in [4.78, 5) is 1.34. The van der Waals surface area contributed by atoms with Gasteiger partial charge in [-0.3, -0.25) is 0 Å². The summed E-state index contributed by atoms with van der Waals surface area (Å²) in [5.74, 6) is 0.470. The molecule has 4 heteroatoms. The van der Waals surface area contributed by atoms with Gasteiger partial charge in [-0.2, -0.15) is 0 Å². The monoisotopic (exact) mass is 336 g/mol. The van der Waals surface area contributed by atoms with Gasteiger partial charge in [0.05, 0.1) is 15.6 Å². The maximum Gasteiger partial charge on any atom is 0.0734 e. The lowest BCUT2D eigenvalue weighted by atomic mass is 9.82. The number of halogens is 2. The Morgan fingerprint density at radius 1 is 1.41 bits per heavy atom. The number of aliphatic hydroxyl groups excluding tert-OH is 1. The Hall–Kier alpha value is 0.560. The second-order valence-electron chi connectivity index (χ2n) is 4.87. The quantitative estimate of drug-likeness (QED) is 0.599. The number of alkyl halides is 2. The molecule has 2 rings (SSSR count). The van der Waals surface area contributed by atoms with Crippen LogP contribution in [0.3, 0.4) is 0 Å². The van der Waals surface area contributed by atoms with Crippen LogP contribution in [0.1, 0.15) is 26.7 Å². The molecular formula is C13H18BrClOS. The van der Waals surface area contributed by atoms with Crippen LogP contribution in [0.5, 0.6) is 0 Å². The molecule has 0 saturated heterocycles. The first-order chi connectivity index (χ1) is 8.00. The summed E-state index contributed by atoms with van der Waals surface area (Å²) in [5, 5.41) is 10.7. The number of thioether (sulfide) groups is 1. The predicted octanol–water partition coefficient (Wildman–Crippen LogP) is 4.30. The largest absolute Gasteiger partial charge is 0.392 e. The minimum absolute atomic E-state index is 0.148. The summed E-state index contributed by atoms with van der Waals surface area (Å²) >= 11 is 11.5. The average molecular weight is 338 g/mol. The van der Waals surface area contributed by atoms with Crippen molar-refractivity contribution >= 4 is 39.3 Å². The van der Waals surface area contributed by atoms with Crippen molar-refractivity contribution in [1.82, 2.24) is 0 Å². The van der Waals surface area contributed by atoms with E-state index >= 15 is 0 Å². The Balaban J connectivity index is 2.10. The minimum Gasteiger partial charge on any atom is -0.392 e. The average Bonchev–Trinajstić information content (AvgIpc) is 2.53. The van der Waals surface area contributed by atoms with E-state index in [-0.39, 0.29) is 23.3 Å². The zero-order valence-electron chi connectivity index (χ0n) is 10.1. The summed E-state index contributed by atoms with van der Waals surface area (Å²) in [6.45, 7) is 4.26. The zero-order valence-corrected chi connectivity index (χ0v) is 13.2. The summed E-state index contributed by atoms with van der Waals surface area (Å²) in [5.41, 5.74) is 1.32. The maximum absolute atomic E-state index is 10.5. The van der Waals surface area contributed by atoms with Gasteiger partial charge >= 0.3 is 0 Å². The van der Waals surface area contributed by atoms with E-state index in [1.165, 1.54) is 10.5 Å². The molecule has 0 saturated carbocycles. The summed E-state index contributed by atoms with van der Waals surface area (Å²) in [6, 6.07) is 0. The zero-order chi connectivity index (χ0) is 12.6. The van der Waals surface area contributed by atoms with Gasteiger partial charge in [-0.25, -0.2) is 0 Å². The summed E-state index contributed by atoms with van der Waals surface area (Å²) < 4.78 is 0.305. The van der Waals surface area contributed by atoms with E-state index in [4.69, 9.17) is 11.6 Å². The van der Waals surface area contributed by atoms with Gasteiger partial charge in [-0.05, 0) is 31.6 Å². The van der Waals surface area contributed by atoms with Crippen molar-refractivity contribution in [2.45, 2.75) is 42.3 Å². The second kappa shape index (κ2) is 5.68. The van der Waals surface area contributed by atoms with Crippen LogP contribution in [0, 0.1) is 11.8 Å². The second-order valence-corrected chi connectivity index (χ2v) is 8.38. The van der Waals surface area contributed by atoms with E-state index in [9.17, 15) is 5.11 Å². The molecular weight excluding hydrogens is 320 g/mol. The fraction of sp³-hybridized carbons (Fsp3) is 0.692. The Labute approximate surface area is 121 Å². The molecule has 2 aliphatic rings. The van der Waals surface area contributed by atoms with Crippen LogP contribution in [0.25, 0.3) is 0 Å². The first kappa shape index (κ1) is 14.0. The molecule has 17 heavy (non-hydrogen) atoms. The van der Waals surface area contributed by atoms with E-state index < -0.39 is 0 Å². The fourth-order valence-electron chi connectivity index (χ4n) is 2.54. The normalized spacial score (nSPS) is 39.8. The van der Waals surface area contributed by atoms with E-state index in [2.05, 4.69) is 35.9 Å². The van der Waals surface area contributed by atoms with Crippen molar-refractivity contribution < 1.29 is 5.11 Å². The molecule has 0 fully saturated rings. The molecule has 0 aromatic rings. The Morgan fingerprint density at radius 2 is 2.12 bits per heavy atom. The highest BCUT2D eigenvalue weighted by atomic mass is 79.9. The molecule has 0 bridgehead atoms. The molecule has 0 aromatic heterocycles. The van der Waals surface area contributed by atoms with Gasteiger partial charge < -0.3 is 5.11 Å². The molecule has 1 aliphatic heterocycles. The number of rotatable bonds is 2. The molecule has 5 unspecified atom stereocenters. The summed E-state index contributed by atoms with van der Waals surface area (Å²) in [7, 11) is 0. The summed E-state index contributed by atoms with van der Waals surface area (Å²) in [6.07, 6.45) is 5.77. The van der Waals surface area contributed by atoms with Crippen molar-refractivity contribution in [3.05, 3.63) is 22.6 Å². The minimum atomic E-state index is -0.301. The van der Waals surface area contributed by atoms with Crippen LogP contribution in [0.2, 0.25) is 0 Å². The van der Waals surface area contributed by atoms with Gasteiger partial charge in [0, 0.05) is 11.8 Å². The molecule has 1 aliphatic carbocycles.